The third-order valence-electron chi connectivity index (χ3n) is 3.15. The summed E-state index contributed by atoms with van der Waals surface area (Å²) in [6.07, 6.45) is 5.06. The summed E-state index contributed by atoms with van der Waals surface area (Å²) >= 11 is 0. The summed E-state index contributed by atoms with van der Waals surface area (Å²) in [5, 5.41) is 0. The van der Waals surface area contributed by atoms with Crippen molar-refractivity contribution in [1.29, 1.82) is 0 Å². The number of nitrogens with two attached hydrogens (primary N) is 1. The Bertz CT molecular complexity index is 747. The first kappa shape index (κ1) is 12.3. The normalized spacial score (nSPS) is 10.7. The molecule has 2 N–H and O–H groups in total. The Labute approximate surface area is 115 Å². The molecule has 0 saturated heterocycles. The summed E-state index contributed by atoms with van der Waals surface area (Å²) in [6.45, 7) is 1.93. The number of nitrogens with zero attached hydrogens (tertiary/aromatic N) is 3. The number of aryl methyl sites for hydroxylation is 1. The highest BCUT2D eigenvalue weighted by Gasteiger charge is 2.10. The van der Waals surface area contributed by atoms with Crippen molar-refractivity contribution in [2.45, 2.75) is 6.92 Å². The van der Waals surface area contributed by atoms with Gasteiger partial charge in [0.1, 0.15) is 11.6 Å². The van der Waals surface area contributed by atoms with Crippen LogP contribution >= 0.6 is 0 Å². The largest absolute Gasteiger partial charge is 0.384 e. The van der Waals surface area contributed by atoms with E-state index in [-0.39, 0.29) is 5.82 Å². The molecule has 0 amide bonds. The molecule has 0 aliphatic carbocycles. The minimum absolute atomic E-state index is 0.277. The lowest BCUT2D eigenvalue weighted by Gasteiger charge is -2.11. The Morgan fingerprint density at radius 3 is 2.75 bits per heavy atom. The number of rotatable bonds is 2. The van der Waals surface area contributed by atoms with Crippen LogP contribution in [-0.4, -0.2) is 14.5 Å². The van der Waals surface area contributed by atoms with Gasteiger partial charge in [0.25, 0.3) is 0 Å². The Balaban J connectivity index is 2.15. The maximum atomic E-state index is 13.5. The third-order valence-corrected chi connectivity index (χ3v) is 3.15. The fraction of sp³-hybridized carbons (Fsp3) is 0.0667. The van der Waals surface area contributed by atoms with Crippen molar-refractivity contribution in [3.05, 3.63) is 60.4 Å². The molecule has 0 atom stereocenters. The second kappa shape index (κ2) is 4.77. The van der Waals surface area contributed by atoms with Crippen molar-refractivity contribution in [3.63, 3.8) is 0 Å². The van der Waals surface area contributed by atoms with Crippen LogP contribution in [0.1, 0.15) is 5.56 Å². The molecule has 3 aromatic rings. The lowest BCUT2D eigenvalue weighted by Crippen LogP contribution is -1.99. The number of hydrogen-bond donors (Lipinski definition) is 1. The van der Waals surface area contributed by atoms with Gasteiger partial charge in [-0.25, -0.2) is 14.4 Å². The lowest BCUT2D eigenvalue weighted by atomic mass is 10.1. The van der Waals surface area contributed by atoms with Crippen LogP contribution in [0.3, 0.4) is 0 Å². The number of hydrogen-bond acceptors (Lipinski definition) is 3. The maximum absolute atomic E-state index is 13.5. The second-order valence-electron chi connectivity index (χ2n) is 4.55. The molecule has 20 heavy (non-hydrogen) atoms. The van der Waals surface area contributed by atoms with Crippen molar-refractivity contribution >= 4 is 5.82 Å². The zero-order valence-corrected chi connectivity index (χ0v) is 10.9. The second-order valence-corrected chi connectivity index (χ2v) is 4.55. The van der Waals surface area contributed by atoms with Crippen molar-refractivity contribution < 1.29 is 4.39 Å². The van der Waals surface area contributed by atoms with Gasteiger partial charge in [0.2, 0.25) is 0 Å². The van der Waals surface area contributed by atoms with Gasteiger partial charge in [0.05, 0.1) is 23.9 Å². The summed E-state index contributed by atoms with van der Waals surface area (Å²) in [7, 11) is 0. The van der Waals surface area contributed by atoms with Crippen LogP contribution in [0.5, 0.6) is 0 Å². The van der Waals surface area contributed by atoms with E-state index in [2.05, 4.69) is 9.97 Å². The Morgan fingerprint density at radius 1 is 1.15 bits per heavy atom. The van der Waals surface area contributed by atoms with Gasteiger partial charge in [-0.3, -0.25) is 4.57 Å². The smallest absolute Gasteiger partial charge is 0.125 e. The number of nitrogen functional groups attached to an aromatic ring is 1. The van der Waals surface area contributed by atoms with Crippen molar-refractivity contribution in [2.24, 2.45) is 0 Å². The number of benzene rings is 1. The van der Waals surface area contributed by atoms with Crippen molar-refractivity contribution in [3.8, 4) is 16.9 Å². The van der Waals surface area contributed by atoms with Crippen LogP contribution in [0.25, 0.3) is 16.9 Å². The molecule has 2 heterocycles. The number of halogens is 1. The predicted molar refractivity (Wildman–Crippen MR) is 75.9 cm³/mol. The molecule has 0 bridgehead atoms. The van der Waals surface area contributed by atoms with Gasteiger partial charge in [0, 0.05) is 11.8 Å². The molecule has 0 spiro atoms. The van der Waals surface area contributed by atoms with E-state index < -0.39 is 0 Å². The number of anilines is 1. The summed E-state index contributed by atoms with van der Waals surface area (Å²) in [5.74, 6) is 0.183. The van der Waals surface area contributed by atoms with Gasteiger partial charge < -0.3 is 5.73 Å². The van der Waals surface area contributed by atoms with E-state index >= 15 is 0 Å². The average molecular weight is 268 g/mol. The molecular formula is C15H13FN4. The number of pyridine rings is 1. The van der Waals surface area contributed by atoms with Gasteiger partial charge in [-0.2, -0.15) is 0 Å². The summed E-state index contributed by atoms with van der Waals surface area (Å²) in [5.41, 5.74) is 9.03. The fourth-order valence-corrected chi connectivity index (χ4v) is 2.10. The summed E-state index contributed by atoms with van der Waals surface area (Å²) in [4.78, 5) is 8.22. The van der Waals surface area contributed by atoms with Gasteiger partial charge in [0.15, 0.2) is 0 Å². The summed E-state index contributed by atoms with van der Waals surface area (Å²) in [6, 6.07) is 8.27. The SMILES string of the molecule is Cc1ccc(F)cc1-n1cncc1-c1ccc(N)nc1. The van der Waals surface area contributed by atoms with Crippen LogP contribution in [0, 0.1) is 12.7 Å². The molecule has 0 fully saturated rings. The Kier molecular flexibility index (Phi) is 2.95. The van der Waals surface area contributed by atoms with E-state index in [0.29, 0.717) is 5.82 Å². The van der Waals surface area contributed by atoms with Gasteiger partial charge in [-0.05, 0) is 36.8 Å². The zero-order chi connectivity index (χ0) is 14.1. The standard InChI is InChI=1S/C15H13FN4/c1-10-2-4-12(16)6-13(10)20-9-18-8-14(20)11-3-5-15(17)19-7-11/h2-9H,1H3,(H2,17,19). The molecule has 0 unspecified atom stereocenters. The highest BCUT2D eigenvalue weighted by Crippen LogP contribution is 2.24. The Hall–Kier alpha value is -2.69. The van der Waals surface area contributed by atoms with Crippen molar-refractivity contribution in [2.75, 3.05) is 5.73 Å². The van der Waals surface area contributed by atoms with Crippen LogP contribution < -0.4 is 5.73 Å². The minimum Gasteiger partial charge on any atom is -0.384 e. The molecule has 1 aromatic carbocycles. The molecule has 100 valence electrons. The first-order valence-electron chi connectivity index (χ1n) is 6.16. The molecule has 0 saturated carbocycles. The van der Waals surface area contributed by atoms with Gasteiger partial charge in [-0.15, -0.1) is 0 Å². The summed E-state index contributed by atoms with van der Waals surface area (Å²) < 4.78 is 15.3. The average Bonchev–Trinajstić information content (AvgIpc) is 2.91. The van der Waals surface area contributed by atoms with Crippen molar-refractivity contribution in [1.82, 2.24) is 14.5 Å². The minimum atomic E-state index is -0.277. The first-order chi connectivity index (χ1) is 9.65. The van der Waals surface area contributed by atoms with Crippen LogP contribution in [0.15, 0.2) is 49.1 Å². The molecule has 0 aliphatic rings. The number of imidazole rings is 1. The highest BCUT2D eigenvalue weighted by molar-refractivity contribution is 5.62. The van der Waals surface area contributed by atoms with Crippen LogP contribution in [0.2, 0.25) is 0 Å². The molecule has 4 nitrogen and oxygen atoms in total. The van der Waals surface area contributed by atoms with E-state index in [1.54, 1.807) is 30.9 Å². The molecular weight excluding hydrogens is 255 g/mol. The first-order valence-corrected chi connectivity index (χ1v) is 6.16. The number of aromatic nitrogens is 3. The van der Waals surface area contributed by atoms with E-state index in [4.69, 9.17) is 5.73 Å². The monoisotopic (exact) mass is 268 g/mol. The predicted octanol–water partition coefficient (Wildman–Crippen LogP) is 2.96. The topological polar surface area (TPSA) is 56.7 Å². The fourth-order valence-electron chi connectivity index (χ4n) is 2.10. The Morgan fingerprint density at radius 2 is 2.00 bits per heavy atom. The van der Waals surface area contributed by atoms with E-state index in [9.17, 15) is 4.39 Å². The van der Waals surface area contributed by atoms with Crippen LogP contribution in [0.4, 0.5) is 10.2 Å². The molecule has 0 aliphatic heterocycles. The van der Waals surface area contributed by atoms with E-state index in [1.807, 2.05) is 17.6 Å². The molecule has 5 heteroatoms. The maximum Gasteiger partial charge on any atom is 0.125 e. The van der Waals surface area contributed by atoms with Gasteiger partial charge in [-0.1, -0.05) is 6.07 Å². The van der Waals surface area contributed by atoms with E-state index in [0.717, 1.165) is 22.5 Å². The quantitative estimate of drug-likeness (QED) is 0.777. The zero-order valence-electron chi connectivity index (χ0n) is 10.9. The van der Waals surface area contributed by atoms with Gasteiger partial charge >= 0.3 is 0 Å². The molecule has 3 rings (SSSR count). The molecule has 2 aromatic heterocycles. The van der Waals surface area contributed by atoms with E-state index in [1.165, 1.54) is 12.1 Å². The third kappa shape index (κ3) is 2.14. The van der Waals surface area contributed by atoms with Crippen LogP contribution in [-0.2, 0) is 0 Å². The lowest BCUT2D eigenvalue weighted by molar-refractivity contribution is 0.626. The molecule has 0 radical (unpaired) electrons. The highest BCUT2D eigenvalue weighted by atomic mass is 19.1.